The molecular weight excluding hydrogens is 240 g/mol. The average Bonchev–Trinajstić information content (AvgIpc) is 2.96. The number of nitrogens with zero attached hydrogens (tertiary/aromatic N) is 2. The van der Waals surface area contributed by atoms with Gasteiger partial charge >= 0.3 is 0 Å². The fourth-order valence-electron chi connectivity index (χ4n) is 2.61. The van der Waals surface area contributed by atoms with Gasteiger partial charge in [0.05, 0.1) is 11.2 Å². The van der Waals surface area contributed by atoms with Crippen molar-refractivity contribution in [2.45, 2.75) is 25.4 Å². The topological polar surface area (TPSA) is 59.0 Å². The highest BCUT2D eigenvalue weighted by Crippen LogP contribution is 2.17. The molecule has 0 aliphatic carbocycles. The normalized spacial score (nSPS) is 19.0. The van der Waals surface area contributed by atoms with Crippen molar-refractivity contribution in [3.05, 3.63) is 30.0 Å². The van der Waals surface area contributed by atoms with Crippen molar-refractivity contribution in [1.29, 1.82) is 0 Å². The molecule has 1 unspecified atom stereocenters. The van der Waals surface area contributed by atoms with Crippen molar-refractivity contribution in [1.82, 2.24) is 20.4 Å². The lowest BCUT2D eigenvalue weighted by molar-refractivity contribution is -0.119. The van der Waals surface area contributed by atoms with Gasteiger partial charge in [0.25, 0.3) is 0 Å². The van der Waals surface area contributed by atoms with Gasteiger partial charge in [-0.2, -0.15) is 5.10 Å². The SMILES string of the molecule is Cn1nc(CNCC2CCC(=O)N2)c2ccccc21. The van der Waals surface area contributed by atoms with Crippen LogP contribution < -0.4 is 10.6 Å². The van der Waals surface area contributed by atoms with E-state index in [-0.39, 0.29) is 11.9 Å². The zero-order chi connectivity index (χ0) is 13.2. The number of nitrogens with one attached hydrogen (secondary N) is 2. The standard InChI is InChI=1S/C14H18N4O/c1-18-13-5-3-2-4-11(13)12(17-18)9-15-8-10-6-7-14(19)16-10/h2-5,10,15H,6-9H2,1H3,(H,16,19). The van der Waals surface area contributed by atoms with Gasteiger partial charge in [0.2, 0.25) is 5.91 Å². The van der Waals surface area contributed by atoms with Crippen LogP contribution in [0.25, 0.3) is 10.9 Å². The summed E-state index contributed by atoms with van der Waals surface area (Å²) >= 11 is 0. The summed E-state index contributed by atoms with van der Waals surface area (Å²) in [6, 6.07) is 8.49. The van der Waals surface area contributed by atoms with Crippen LogP contribution in [0.5, 0.6) is 0 Å². The van der Waals surface area contributed by atoms with Crippen LogP contribution in [-0.4, -0.2) is 28.3 Å². The van der Waals surface area contributed by atoms with Gasteiger partial charge in [0.15, 0.2) is 0 Å². The van der Waals surface area contributed by atoms with Crippen molar-refractivity contribution in [3.63, 3.8) is 0 Å². The predicted octanol–water partition coefficient (Wildman–Crippen LogP) is 0.942. The number of carbonyl (C=O) groups is 1. The second-order valence-corrected chi connectivity index (χ2v) is 5.02. The number of aryl methyl sites for hydroxylation is 1. The van der Waals surface area contributed by atoms with Gasteiger partial charge in [-0.05, 0) is 12.5 Å². The number of carbonyl (C=O) groups excluding carboxylic acids is 1. The van der Waals surface area contributed by atoms with Crippen molar-refractivity contribution in [3.8, 4) is 0 Å². The minimum absolute atomic E-state index is 0.162. The van der Waals surface area contributed by atoms with Gasteiger partial charge < -0.3 is 10.6 Å². The molecule has 1 aromatic carbocycles. The van der Waals surface area contributed by atoms with Gasteiger partial charge in [0, 0.05) is 38.0 Å². The number of hydrogen-bond donors (Lipinski definition) is 2. The lowest BCUT2D eigenvalue weighted by atomic mass is 10.2. The Morgan fingerprint density at radius 3 is 3.11 bits per heavy atom. The van der Waals surface area contributed by atoms with Gasteiger partial charge in [0.1, 0.15) is 0 Å². The molecule has 5 nitrogen and oxygen atoms in total. The smallest absolute Gasteiger partial charge is 0.220 e. The molecule has 19 heavy (non-hydrogen) atoms. The Hall–Kier alpha value is -1.88. The summed E-state index contributed by atoms with van der Waals surface area (Å²) in [4.78, 5) is 11.1. The Kier molecular flexibility index (Phi) is 3.21. The van der Waals surface area contributed by atoms with Crippen molar-refractivity contribution in [2.75, 3.05) is 6.54 Å². The third kappa shape index (κ3) is 2.46. The molecule has 0 radical (unpaired) electrons. The number of para-hydroxylation sites is 1. The number of hydrogen-bond acceptors (Lipinski definition) is 3. The Morgan fingerprint density at radius 2 is 2.32 bits per heavy atom. The molecule has 3 rings (SSSR count). The van der Waals surface area contributed by atoms with Crippen LogP contribution in [0.15, 0.2) is 24.3 Å². The summed E-state index contributed by atoms with van der Waals surface area (Å²) < 4.78 is 1.91. The molecule has 1 fully saturated rings. The number of rotatable bonds is 4. The molecule has 1 aromatic heterocycles. The minimum Gasteiger partial charge on any atom is -0.352 e. The zero-order valence-electron chi connectivity index (χ0n) is 11.0. The van der Waals surface area contributed by atoms with Crippen LogP contribution in [-0.2, 0) is 18.4 Å². The lowest BCUT2D eigenvalue weighted by Crippen LogP contribution is -2.35. The highest BCUT2D eigenvalue weighted by atomic mass is 16.1. The average molecular weight is 258 g/mol. The summed E-state index contributed by atoms with van der Waals surface area (Å²) in [7, 11) is 1.96. The van der Waals surface area contributed by atoms with E-state index in [1.165, 1.54) is 5.39 Å². The molecule has 1 aliphatic heterocycles. The molecular formula is C14H18N4O. The van der Waals surface area contributed by atoms with E-state index < -0.39 is 0 Å². The van der Waals surface area contributed by atoms with Gasteiger partial charge in [-0.3, -0.25) is 9.48 Å². The highest BCUT2D eigenvalue weighted by Gasteiger charge is 2.20. The lowest BCUT2D eigenvalue weighted by Gasteiger charge is -2.10. The molecule has 1 aliphatic rings. The van der Waals surface area contributed by atoms with E-state index in [0.717, 1.165) is 30.7 Å². The van der Waals surface area contributed by atoms with E-state index in [2.05, 4.69) is 27.9 Å². The third-order valence-corrected chi connectivity index (χ3v) is 3.60. The Labute approximate surface area is 112 Å². The number of benzene rings is 1. The summed E-state index contributed by atoms with van der Waals surface area (Å²) in [5.74, 6) is 0.162. The Balaban J connectivity index is 1.64. The molecule has 0 spiro atoms. The Morgan fingerprint density at radius 1 is 1.47 bits per heavy atom. The summed E-state index contributed by atoms with van der Waals surface area (Å²) in [5, 5.41) is 12.1. The maximum absolute atomic E-state index is 11.1. The first kappa shape index (κ1) is 12.2. The van der Waals surface area contributed by atoms with Crippen molar-refractivity contribution >= 4 is 16.8 Å². The number of fused-ring (bicyclic) bond motifs is 1. The number of aromatic nitrogens is 2. The molecule has 100 valence electrons. The first-order valence-corrected chi connectivity index (χ1v) is 6.65. The molecule has 0 saturated carbocycles. The van der Waals surface area contributed by atoms with E-state index in [4.69, 9.17) is 0 Å². The maximum atomic E-state index is 11.1. The minimum atomic E-state index is 0.162. The first-order chi connectivity index (χ1) is 9.24. The molecule has 5 heteroatoms. The predicted molar refractivity (Wildman–Crippen MR) is 73.6 cm³/mol. The van der Waals surface area contributed by atoms with Gasteiger partial charge in [-0.1, -0.05) is 18.2 Å². The molecule has 1 atom stereocenters. The van der Waals surface area contributed by atoms with Crippen LogP contribution in [0, 0.1) is 0 Å². The monoisotopic (exact) mass is 258 g/mol. The second-order valence-electron chi connectivity index (χ2n) is 5.02. The van der Waals surface area contributed by atoms with E-state index in [9.17, 15) is 4.79 Å². The fourth-order valence-corrected chi connectivity index (χ4v) is 2.61. The fraction of sp³-hybridized carbons (Fsp3) is 0.429. The largest absolute Gasteiger partial charge is 0.352 e. The van der Waals surface area contributed by atoms with Gasteiger partial charge in [-0.15, -0.1) is 0 Å². The molecule has 2 N–H and O–H groups in total. The molecule has 2 heterocycles. The maximum Gasteiger partial charge on any atom is 0.220 e. The first-order valence-electron chi connectivity index (χ1n) is 6.65. The summed E-state index contributed by atoms with van der Waals surface area (Å²) in [5.41, 5.74) is 2.20. The van der Waals surface area contributed by atoms with Crippen LogP contribution in [0.3, 0.4) is 0 Å². The second kappa shape index (κ2) is 5.01. The van der Waals surface area contributed by atoms with Crippen LogP contribution >= 0.6 is 0 Å². The van der Waals surface area contributed by atoms with Gasteiger partial charge in [-0.25, -0.2) is 0 Å². The van der Waals surface area contributed by atoms with Crippen LogP contribution in [0.4, 0.5) is 0 Å². The van der Waals surface area contributed by atoms with Crippen LogP contribution in [0.2, 0.25) is 0 Å². The van der Waals surface area contributed by atoms with E-state index in [1.54, 1.807) is 0 Å². The highest BCUT2D eigenvalue weighted by molar-refractivity contribution is 5.81. The molecule has 0 bridgehead atoms. The molecule has 1 amide bonds. The summed E-state index contributed by atoms with van der Waals surface area (Å²) in [6.07, 6.45) is 1.58. The van der Waals surface area contributed by atoms with Crippen LogP contribution in [0.1, 0.15) is 18.5 Å². The molecule has 1 saturated heterocycles. The Bertz CT molecular complexity index is 605. The van der Waals surface area contributed by atoms with Crippen molar-refractivity contribution < 1.29 is 4.79 Å². The van der Waals surface area contributed by atoms with Crippen molar-refractivity contribution in [2.24, 2.45) is 7.05 Å². The van der Waals surface area contributed by atoms with E-state index in [0.29, 0.717) is 6.42 Å². The summed E-state index contributed by atoms with van der Waals surface area (Å²) in [6.45, 7) is 1.53. The molecule has 2 aromatic rings. The quantitative estimate of drug-likeness (QED) is 0.858. The van der Waals surface area contributed by atoms with E-state index >= 15 is 0 Å². The number of amides is 1. The third-order valence-electron chi connectivity index (χ3n) is 3.60. The van der Waals surface area contributed by atoms with E-state index in [1.807, 2.05) is 23.9 Å². The zero-order valence-corrected chi connectivity index (χ0v) is 11.0.